The minimum Gasteiger partial charge on any atom is -0.478 e. The fourth-order valence-corrected chi connectivity index (χ4v) is 2.92. The molecule has 1 aliphatic heterocycles. The molecule has 1 atom stereocenters. The number of carboxylic acid groups (broad SMARTS) is 1. The van der Waals surface area contributed by atoms with Crippen LogP contribution in [-0.4, -0.2) is 59.4 Å². The Balaban J connectivity index is 1.60. The van der Waals surface area contributed by atoms with E-state index in [0.29, 0.717) is 31.4 Å². The summed E-state index contributed by atoms with van der Waals surface area (Å²) in [6.07, 6.45) is 2.54. The molecule has 2 N–H and O–H groups in total. The summed E-state index contributed by atoms with van der Waals surface area (Å²) in [6, 6.07) is 5.24. The van der Waals surface area contributed by atoms with Crippen molar-refractivity contribution in [2.75, 3.05) is 43.6 Å². The van der Waals surface area contributed by atoms with E-state index >= 15 is 0 Å². The Morgan fingerprint density at radius 2 is 2.27 bits per heavy atom. The van der Waals surface area contributed by atoms with Crippen molar-refractivity contribution in [1.82, 2.24) is 15.0 Å². The molecule has 8 nitrogen and oxygen atoms in total. The van der Waals surface area contributed by atoms with Crippen LogP contribution in [0, 0.1) is 6.92 Å². The fraction of sp³-hybridized carbons (Fsp3) is 0.444. The number of likely N-dealkylation sites (N-methyl/N-ethyl adjacent to an activating group) is 1. The van der Waals surface area contributed by atoms with Crippen molar-refractivity contribution in [2.45, 2.75) is 19.3 Å². The molecule has 3 heterocycles. The van der Waals surface area contributed by atoms with Crippen molar-refractivity contribution in [3.05, 3.63) is 41.5 Å². The van der Waals surface area contributed by atoms with Gasteiger partial charge in [-0.05, 0) is 25.5 Å². The van der Waals surface area contributed by atoms with Crippen LogP contribution in [0.25, 0.3) is 0 Å². The third kappa shape index (κ3) is 4.26. The predicted molar refractivity (Wildman–Crippen MR) is 97.9 cm³/mol. The number of hydrogen-bond acceptors (Lipinski definition) is 7. The molecule has 0 saturated carbocycles. The lowest BCUT2D eigenvalue weighted by molar-refractivity contribution is 0.0697. The Bertz CT molecular complexity index is 777. The molecule has 2 aromatic rings. The highest BCUT2D eigenvalue weighted by Gasteiger charge is 2.19. The highest BCUT2D eigenvalue weighted by molar-refractivity contribution is 5.93. The Morgan fingerprint density at radius 3 is 3.00 bits per heavy atom. The van der Waals surface area contributed by atoms with Gasteiger partial charge in [0.2, 0.25) is 0 Å². The molecule has 0 radical (unpaired) electrons. The molecule has 0 bridgehead atoms. The van der Waals surface area contributed by atoms with Crippen molar-refractivity contribution < 1.29 is 14.6 Å². The molecule has 0 amide bonds. The van der Waals surface area contributed by atoms with E-state index in [1.807, 2.05) is 24.9 Å². The SMILES string of the molecule is Cc1ccc(C(=O)O)c(N(C)CCNc2cc([C@H]3CCOC3)ncn2)n1. The van der Waals surface area contributed by atoms with Crippen LogP contribution < -0.4 is 10.2 Å². The summed E-state index contributed by atoms with van der Waals surface area (Å²) in [6.45, 7) is 4.51. The van der Waals surface area contributed by atoms with Crippen LogP contribution in [0.3, 0.4) is 0 Å². The van der Waals surface area contributed by atoms with Gasteiger partial charge in [0, 0.05) is 44.4 Å². The third-order valence-corrected chi connectivity index (χ3v) is 4.40. The molecule has 3 rings (SSSR count). The van der Waals surface area contributed by atoms with Crippen LogP contribution in [0.4, 0.5) is 11.6 Å². The van der Waals surface area contributed by atoms with E-state index in [1.54, 1.807) is 18.5 Å². The van der Waals surface area contributed by atoms with Gasteiger partial charge in [0.25, 0.3) is 0 Å². The number of pyridine rings is 1. The number of aromatic carboxylic acids is 1. The first-order valence-corrected chi connectivity index (χ1v) is 8.60. The Kier molecular flexibility index (Phi) is 5.62. The monoisotopic (exact) mass is 357 g/mol. The van der Waals surface area contributed by atoms with Crippen molar-refractivity contribution in [3.63, 3.8) is 0 Å². The number of anilines is 2. The summed E-state index contributed by atoms with van der Waals surface area (Å²) < 4.78 is 5.41. The molecule has 8 heteroatoms. The van der Waals surface area contributed by atoms with E-state index < -0.39 is 5.97 Å². The number of carboxylic acids is 1. The van der Waals surface area contributed by atoms with E-state index in [4.69, 9.17) is 4.74 Å². The number of carbonyl (C=O) groups is 1. The first-order chi connectivity index (χ1) is 12.5. The van der Waals surface area contributed by atoms with Crippen LogP contribution in [0.15, 0.2) is 24.5 Å². The number of aromatic nitrogens is 3. The molecule has 138 valence electrons. The number of nitrogens with zero attached hydrogens (tertiary/aromatic N) is 4. The summed E-state index contributed by atoms with van der Waals surface area (Å²) in [5, 5.41) is 12.6. The second-order valence-electron chi connectivity index (χ2n) is 6.37. The second-order valence-corrected chi connectivity index (χ2v) is 6.37. The predicted octanol–water partition coefficient (Wildman–Crippen LogP) is 1.93. The van der Waals surface area contributed by atoms with Crippen molar-refractivity contribution in [2.24, 2.45) is 0 Å². The van der Waals surface area contributed by atoms with Crippen LogP contribution in [0.2, 0.25) is 0 Å². The molecule has 1 aliphatic rings. The normalized spacial score (nSPS) is 16.5. The lowest BCUT2D eigenvalue weighted by Gasteiger charge is -2.21. The summed E-state index contributed by atoms with van der Waals surface area (Å²) in [5.74, 6) is 0.569. The molecule has 1 saturated heterocycles. The maximum atomic E-state index is 11.4. The van der Waals surface area contributed by atoms with Gasteiger partial charge in [-0.2, -0.15) is 0 Å². The maximum absolute atomic E-state index is 11.4. The largest absolute Gasteiger partial charge is 0.478 e. The first kappa shape index (κ1) is 18.1. The van der Waals surface area contributed by atoms with Gasteiger partial charge in [-0.25, -0.2) is 19.7 Å². The van der Waals surface area contributed by atoms with Crippen molar-refractivity contribution >= 4 is 17.6 Å². The van der Waals surface area contributed by atoms with Gasteiger partial charge in [0.05, 0.1) is 12.3 Å². The molecule has 0 spiro atoms. The number of rotatable bonds is 7. The third-order valence-electron chi connectivity index (χ3n) is 4.40. The molecule has 2 aromatic heterocycles. The maximum Gasteiger partial charge on any atom is 0.339 e. The number of aryl methyl sites for hydroxylation is 1. The zero-order chi connectivity index (χ0) is 18.5. The quantitative estimate of drug-likeness (QED) is 0.775. The Hall–Kier alpha value is -2.74. The highest BCUT2D eigenvalue weighted by Crippen LogP contribution is 2.24. The molecule has 1 fully saturated rings. The standard InChI is InChI=1S/C18H23N5O3/c1-12-3-4-14(18(24)25)17(22-12)23(2)7-6-19-16-9-15(20-11-21-16)13-5-8-26-10-13/h3-4,9,11,13H,5-8,10H2,1-2H3,(H,24,25)(H,19,20,21)/t13-/m0/s1. The van der Waals surface area contributed by atoms with Gasteiger partial charge < -0.3 is 20.1 Å². The lowest BCUT2D eigenvalue weighted by Crippen LogP contribution is -2.27. The molecule has 0 unspecified atom stereocenters. The minimum atomic E-state index is -0.980. The topological polar surface area (TPSA) is 100 Å². The van der Waals surface area contributed by atoms with E-state index in [-0.39, 0.29) is 5.56 Å². The van der Waals surface area contributed by atoms with E-state index in [0.717, 1.165) is 30.2 Å². The van der Waals surface area contributed by atoms with Crippen LogP contribution >= 0.6 is 0 Å². The van der Waals surface area contributed by atoms with Crippen molar-refractivity contribution in [3.8, 4) is 0 Å². The van der Waals surface area contributed by atoms with Gasteiger partial charge in [-0.15, -0.1) is 0 Å². The minimum absolute atomic E-state index is 0.198. The number of ether oxygens (including phenoxy) is 1. The number of nitrogens with one attached hydrogen (secondary N) is 1. The summed E-state index contributed by atoms with van der Waals surface area (Å²) >= 11 is 0. The molecule has 0 aliphatic carbocycles. The average molecular weight is 357 g/mol. The zero-order valence-corrected chi connectivity index (χ0v) is 15.0. The zero-order valence-electron chi connectivity index (χ0n) is 15.0. The van der Waals surface area contributed by atoms with E-state index in [2.05, 4.69) is 20.3 Å². The van der Waals surface area contributed by atoms with Crippen LogP contribution in [0.1, 0.15) is 34.1 Å². The second kappa shape index (κ2) is 8.09. The van der Waals surface area contributed by atoms with Gasteiger partial charge in [0.15, 0.2) is 0 Å². The Morgan fingerprint density at radius 1 is 1.42 bits per heavy atom. The van der Waals surface area contributed by atoms with Crippen LogP contribution in [0.5, 0.6) is 0 Å². The summed E-state index contributed by atoms with van der Waals surface area (Å²) in [4.78, 5) is 26.2. The van der Waals surface area contributed by atoms with Crippen molar-refractivity contribution in [1.29, 1.82) is 0 Å². The number of hydrogen-bond donors (Lipinski definition) is 2. The highest BCUT2D eigenvalue weighted by atomic mass is 16.5. The van der Waals surface area contributed by atoms with Gasteiger partial charge >= 0.3 is 5.97 Å². The lowest BCUT2D eigenvalue weighted by atomic mass is 10.1. The first-order valence-electron chi connectivity index (χ1n) is 8.60. The molecule has 0 aromatic carbocycles. The summed E-state index contributed by atoms with van der Waals surface area (Å²) in [5.41, 5.74) is 1.97. The summed E-state index contributed by atoms with van der Waals surface area (Å²) in [7, 11) is 1.83. The van der Waals surface area contributed by atoms with Crippen LogP contribution in [-0.2, 0) is 4.74 Å². The van der Waals surface area contributed by atoms with Gasteiger partial charge in [0.1, 0.15) is 23.5 Å². The Labute approximate surface area is 152 Å². The van der Waals surface area contributed by atoms with Gasteiger partial charge in [-0.1, -0.05) is 0 Å². The molecular weight excluding hydrogens is 334 g/mol. The smallest absolute Gasteiger partial charge is 0.339 e. The van der Waals surface area contributed by atoms with Gasteiger partial charge in [-0.3, -0.25) is 0 Å². The van der Waals surface area contributed by atoms with E-state index in [9.17, 15) is 9.90 Å². The van der Waals surface area contributed by atoms with E-state index in [1.165, 1.54) is 0 Å². The molecular formula is C18H23N5O3. The molecule has 26 heavy (non-hydrogen) atoms. The fourth-order valence-electron chi connectivity index (χ4n) is 2.92. The average Bonchev–Trinajstić information content (AvgIpc) is 3.16.